The van der Waals surface area contributed by atoms with Crippen LogP contribution < -0.4 is 10.6 Å². The fourth-order valence-electron chi connectivity index (χ4n) is 2.33. The minimum absolute atomic E-state index is 0.233. The van der Waals surface area contributed by atoms with E-state index in [1.807, 2.05) is 25.1 Å². The zero-order chi connectivity index (χ0) is 14.3. The van der Waals surface area contributed by atoms with Gasteiger partial charge in [-0.05, 0) is 25.1 Å². The molecule has 20 heavy (non-hydrogen) atoms. The third-order valence-corrected chi connectivity index (χ3v) is 3.21. The maximum Gasteiger partial charge on any atom is 0.251 e. The molecule has 1 atom stereocenters. The lowest BCUT2D eigenvalue weighted by atomic mass is 10.1. The fraction of sp³-hybridized carbons (Fsp3) is 0.133. The average Bonchev–Trinajstić information content (AvgIpc) is 2.65. The molecule has 3 rings (SSSR count). The quantitative estimate of drug-likeness (QED) is 0.881. The van der Waals surface area contributed by atoms with Crippen molar-refractivity contribution in [1.82, 2.24) is 0 Å². The van der Waals surface area contributed by atoms with Crippen LogP contribution in [0.25, 0.3) is 0 Å². The van der Waals surface area contributed by atoms with Crippen LogP contribution in [0.2, 0.25) is 0 Å². The third kappa shape index (κ3) is 2.22. The molecular weight excluding hydrogens is 262 g/mol. The van der Waals surface area contributed by atoms with Gasteiger partial charge in [0.25, 0.3) is 5.91 Å². The van der Waals surface area contributed by atoms with Crippen molar-refractivity contribution in [3.63, 3.8) is 0 Å². The van der Waals surface area contributed by atoms with E-state index in [0.29, 0.717) is 0 Å². The molecule has 0 saturated carbocycles. The lowest BCUT2D eigenvalue weighted by Gasteiger charge is -2.13. The molecule has 0 aliphatic carbocycles. The second kappa shape index (κ2) is 4.59. The van der Waals surface area contributed by atoms with Gasteiger partial charge in [0, 0.05) is 23.0 Å². The highest BCUT2D eigenvalue weighted by Gasteiger charge is 2.30. The van der Waals surface area contributed by atoms with Crippen LogP contribution in [-0.2, 0) is 4.79 Å². The second-order valence-electron chi connectivity index (χ2n) is 4.82. The van der Waals surface area contributed by atoms with Gasteiger partial charge >= 0.3 is 0 Å². The van der Waals surface area contributed by atoms with Crippen LogP contribution in [0.5, 0.6) is 0 Å². The smallest absolute Gasteiger partial charge is 0.251 e. The Labute approximate surface area is 114 Å². The summed E-state index contributed by atoms with van der Waals surface area (Å²) in [5.74, 6) is -1.61. The summed E-state index contributed by atoms with van der Waals surface area (Å²) in [5, 5.41) is 5.60. The van der Waals surface area contributed by atoms with E-state index in [1.54, 1.807) is 0 Å². The standard InChI is InChI=1S/C15H12F2N2O/c1-8-2-3-13-12(4-8)14(15(20)19-13)18-11-6-9(16)5-10(17)7-11/h2-7,14,18H,1H3,(H,19,20). The predicted octanol–water partition coefficient (Wildman–Crippen LogP) is 3.38. The van der Waals surface area contributed by atoms with Crippen molar-refractivity contribution in [3.05, 3.63) is 59.2 Å². The van der Waals surface area contributed by atoms with E-state index < -0.39 is 17.7 Å². The van der Waals surface area contributed by atoms with Crippen molar-refractivity contribution in [2.45, 2.75) is 13.0 Å². The van der Waals surface area contributed by atoms with Crippen molar-refractivity contribution in [1.29, 1.82) is 0 Å². The van der Waals surface area contributed by atoms with Gasteiger partial charge in [-0.3, -0.25) is 4.79 Å². The number of anilines is 2. The Bertz CT molecular complexity index is 680. The second-order valence-corrected chi connectivity index (χ2v) is 4.82. The zero-order valence-corrected chi connectivity index (χ0v) is 10.7. The molecule has 1 aliphatic heterocycles. The van der Waals surface area contributed by atoms with Crippen molar-refractivity contribution < 1.29 is 13.6 Å². The summed E-state index contributed by atoms with van der Waals surface area (Å²) in [6.07, 6.45) is 0. The van der Waals surface area contributed by atoms with Gasteiger partial charge in [-0.2, -0.15) is 0 Å². The van der Waals surface area contributed by atoms with Crippen molar-refractivity contribution in [2.24, 2.45) is 0 Å². The number of carbonyl (C=O) groups excluding carboxylic acids is 1. The van der Waals surface area contributed by atoms with E-state index in [9.17, 15) is 13.6 Å². The lowest BCUT2D eigenvalue weighted by molar-refractivity contribution is -0.116. The van der Waals surface area contributed by atoms with E-state index >= 15 is 0 Å². The van der Waals surface area contributed by atoms with Gasteiger partial charge in [0.2, 0.25) is 0 Å². The maximum atomic E-state index is 13.2. The molecule has 2 aromatic rings. The molecule has 0 bridgehead atoms. The summed E-state index contributed by atoms with van der Waals surface area (Å²) in [4.78, 5) is 12.0. The molecule has 1 unspecified atom stereocenters. The minimum Gasteiger partial charge on any atom is -0.370 e. The number of hydrogen-bond donors (Lipinski definition) is 2. The molecule has 0 spiro atoms. The van der Waals surface area contributed by atoms with Crippen LogP contribution in [-0.4, -0.2) is 5.91 Å². The monoisotopic (exact) mass is 274 g/mol. The van der Waals surface area contributed by atoms with Crippen molar-refractivity contribution in [3.8, 4) is 0 Å². The van der Waals surface area contributed by atoms with Crippen LogP contribution in [0.15, 0.2) is 36.4 Å². The van der Waals surface area contributed by atoms with Crippen LogP contribution in [0.3, 0.4) is 0 Å². The van der Waals surface area contributed by atoms with Crippen LogP contribution >= 0.6 is 0 Å². The molecule has 0 saturated heterocycles. The normalized spacial score (nSPS) is 16.8. The summed E-state index contributed by atoms with van der Waals surface area (Å²) in [6.45, 7) is 1.92. The molecule has 102 valence electrons. The summed E-state index contributed by atoms with van der Waals surface area (Å²) in [7, 11) is 0. The Morgan fingerprint density at radius 2 is 1.80 bits per heavy atom. The first-order valence-corrected chi connectivity index (χ1v) is 6.17. The number of halogens is 2. The minimum atomic E-state index is -0.685. The highest BCUT2D eigenvalue weighted by atomic mass is 19.1. The summed E-state index contributed by atoms with van der Waals surface area (Å²) in [5.41, 5.74) is 2.74. The molecule has 1 amide bonds. The Balaban J connectivity index is 1.95. The van der Waals surface area contributed by atoms with Crippen molar-refractivity contribution in [2.75, 3.05) is 10.6 Å². The molecular formula is C15H12F2N2O. The average molecular weight is 274 g/mol. The SMILES string of the molecule is Cc1ccc2c(c1)C(Nc1cc(F)cc(F)c1)C(=O)N2. The Morgan fingerprint density at radius 3 is 2.50 bits per heavy atom. The maximum absolute atomic E-state index is 13.2. The van der Waals surface area contributed by atoms with Gasteiger partial charge in [0.1, 0.15) is 17.7 Å². The number of hydrogen-bond acceptors (Lipinski definition) is 2. The first-order valence-electron chi connectivity index (χ1n) is 6.17. The van der Waals surface area contributed by atoms with Gasteiger partial charge in [0.15, 0.2) is 0 Å². The summed E-state index contributed by atoms with van der Waals surface area (Å²) >= 11 is 0. The van der Waals surface area contributed by atoms with E-state index in [0.717, 1.165) is 35.0 Å². The topological polar surface area (TPSA) is 41.1 Å². The molecule has 1 heterocycles. The molecule has 0 fully saturated rings. The van der Waals surface area contributed by atoms with E-state index in [-0.39, 0.29) is 11.6 Å². The molecule has 1 aliphatic rings. The number of nitrogens with one attached hydrogen (secondary N) is 2. The molecule has 2 aromatic carbocycles. The van der Waals surface area contributed by atoms with Gasteiger partial charge in [0.05, 0.1) is 0 Å². The zero-order valence-electron chi connectivity index (χ0n) is 10.7. The number of fused-ring (bicyclic) bond motifs is 1. The summed E-state index contributed by atoms with van der Waals surface area (Å²) in [6, 6.07) is 8.04. The van der Waals surface area contributed by atoms with Crippen molar-refractivity contribution >= 4 is 17.3 Å². The van der Waals surface area contributed by atoms with Crippen LogP contribution in [0.1, 0.15) is 17.2 Å². The van der Waals surface area contributed by atoms with E-state index in [1.165, 1.54) is 0 Å². The first kappa shape index (κ1) is 12.6. The molecule has 3 nitrogen and oxygen atoms in total. The largest absolute Gasteiger partial charge is 0.370 e. The molecule has 5 heteroatoms. The Kier molecular flexibility index (Phi) is 2.89. The third-order valence-electron chi connectivity index (χ3n) is 3.21. The van der Waals surface area contributed by atoms with Gasteiger partial charge in [-0.25, -0.2) is 8.78 Å². The summed E-state index contributed by atoms with van der Waals surface area (Å²) < 4.78 is 26.4. The number of benzene rings is 2. The van der Waals surface area contributed by atoms with Gasteiger partial charge < -0.3 is 10.6 Å². The number of amides is 1. The number of carbonyl (C=O) groups is 1. The molecule has 2 N–H and O–H groups in total. The molecule has 0 aromatic heterocycles. The number of rotatable bonds is 2. The Morgan fingerprint density at radius 1 is 1.10 bits per heavy atom. The van der Waals surface area contributed by atoms with E-state index in [2.05, 4.69) is 10.6 Å². The highest BCUT2D eigenvalue weighted by Crippen LogP contribution is 2.34. The van der Waals surface area contributed by atoms with Gasteiger partial charge in [-0.15, -0.1) is 0 Å². The molecule has 0 radical (unpaired) electrons. The lowest BCUT2D eigenvalue weighted by Crippen LogP contribution is -2.19. The highest BCUT2D eigenvalue weighted by molar-refractivity contribution is 6.04. The van der Waals surface area contributed by atoms with Crippen LogP contribution in [0, 0.1) is 18.6 Å². The fourth-order valence-corrected chi connectivity index (χ4v) is 2.33. The van der Waals surface area contributed by atoms with Gasteiger partial charge in [-0.1, -0.05) is 17.7 Å². The number of aryl methyl sites for hydroxylation is 1. The first-order chi connectivity index (χ1) is 9.52. The van der Waals surface area contributed by atoms with Crippen LogP contribution in [0.4, 0.5) is 20.2 Å². The predicted molar refractivity (Wildman–Crippen MR) is 72.5 cm³/mol. The van der Waals surface area contributed by atoms with E-state index in [4.69, 9.17) is 0 Å². The Hall–Kier alpha value is -2.43.